The van der Waals surface area contributed by atoms with Gasteiger partial charge < -0.3 is 10.4 Å². The van der Waals surface area contributed by atoms with E-state index in [1.54, 1.807) is 0 Å². The van der Waals surface area contributed by atoms with Crippen LogP contribution in [0.3, 0.4) is 0 Å². The van der Waals surface area contributed by atoms with Crippen molar-refractivity contribution in [2.45, 2.75) is 33.4 Å². The fourth-order valence-electron chi connectivity index (χ4n) is 2.13. The Morgan fingerprint density at radius 3 is 2.22 bits per heavy atom. The summed E-state index contributed by atoms with van der Waals surface area (Å²) < 4.78 is 38.7. The lowest BCUT2D eigenvalue weighted by Gasteiger charge is -2.29. The van der Waals surface area contributed by atoms with Crippen LogP contribution in [-0.4, -0.2) is 23.5 Å². The number of carbonyl (C=O) groups excluding carboxylic acids is 1. The Kier molecular flexibility index (Phi) is 5.80. The van der Waals surface area contributed by atoms with E-state index in [4.69, 9.17) is 5.11 Å². The summed E-state index contributed by atoms with van der Waals surface area (Å²) in [5.74, 6) is -2.28. The average molecular weight is 331 g/mol. The van der Waals surface area contributed by atoms with Crippen molar-refractivity contribution >= 4 is 11.9 Å². The molecule has 0 spiro atoms. The topological polar surface area (TPSA) is 66.4 Å². The van der Waals surface area contributed by atoms with E-state index in [0.717, 1.165) is 12.1 Å². The maximum atomic E-state index is 12.9. The van der Waals surface area contributed by atoms with Crippen LogP contribution in [0, 0.1) is 11.3 Å². The highest BCUT2D eigenvalue weighted by molar-refractivity contribution is 5.95. The van der Waals surface area contributed by atoms with E-state index in [2.05, 4.69) is 5.32 Å². The number of benzene rings is 1. The molecule has 0 radical (unpaired) electrons. The predicted octanol–water partition coefficient (Wildman–Crippen LogP) is 3.57. The lowest BCUT2D eigenvalue weighted by molar-refractivity contribution is -0.139. The maximum absolute atomic E-state index is 12.9. The highest BCUT2D eigenvalue weighted by Crippen LogP contribution is 2.32. The van der Waals surface area contributed by atoms with E-state index >= 15 is 0 Å². The summed E-state index contributed by atoms with van der Waals surface area (Å²) in [4.78, 5) is 23.0. The first-order valence-electron chi connectivity index (χ1n) is 7.09. The van der Waals surface area contributed by atoms with Crippen molar-refractivity contribution in [3.8, 4) is 0 Å². The summed E-state index contributed by atoms with van der Waals surface area (Å²) in [5.41, 5.74) is -1.89. The molecule has 0 bridgehead atoms. The van der Waals surface area contributed by atoms with E-state index in [1.165, 1.54) is 12.1 Å². The Balaban J connectivity index is 2.90. The zero-order chi connectivity index (χ0) is 17.8. The van der Waals surface area contributed by atoms with Gasteiger partial charge in [-0.1, -0.05) is 32.9 Å². The quantitative estimate of drug-likeness (QED) is 0.867. The minimum Gasteiger partial charge on any atom is -0.481 e. The second-order valence-electron chi connectivity index (χ2n) is 6.41. The van der Waals surface area contributed by atoms with Crippen molar-refractivity contribution in [3.05, 3.63) is 35.4 Å². The summed E-state index contributed by atoms with van der Waals surface area (Å²) in [7, 11) is 0. The Labute approximate surface area is 132 Å². The van der Waals surface area contributed by atoms with Crippen molar-refractivity contribution < 1.29 is 27.9 Å². The number of nitrogens with one attached hydrogen (secondary N) is 1. The summed E-state index contributed by atoms with van der Waals surface area (Å²) >= 11 is 0. The molecule has 2 N–H and O–H groups in total. The number of carboxylic acids is 1. The average Bonchev–Trinajstić information content (AvgIpc) is 2.40. The molecule has 0 saturated carbocycles. The van der Waals surface area contributed by atoms with Crippen LogP contribution < -0.4 is 5.32 Å². The molecular formula is C16H20F3NO3. The SMILES string of the molecule is CC(C)(C)C(CNC(=O)c1ccccc1C(F)(F)F)CC(=O)O. The molecule has 0 saturated heterocycles. The Bertz CT molecular complexity index is 577. The van der Waals surface area contributed by atoms with E-state index in [9.17, 15) is 22.8 Å². The number of carboxylic acid groups (broad SMARTS) is 1. The number of hydrogen-bond acceptors (Lipinski definition) is 2. The zero-order valence-corrected chi connectivity index (χ0v) is 13.2. The standard InChI is InChI=1S/C16H20F3NO3/c1-15(2,3)10(8-13(21)22)9-20-14(23)11-6-4-5-7-12(11)16(17,18)19/h4-7,10H,8-9H2,1-3H3,(H,20,23)(H,21,22). The molecule has 23 heavy (non-hydrogen) atoms. The van der Waals surface area contributed by atoms with Gasteiger partial charge >= 0.3 is 12.1 Å². The summed E-state index contributed by atoms with van der Waals surface area (Å²) in [5, 5.41) is 11.3. The molecule has 1 rings (SSSR count). The van der Waals surface area contributed by atoms with Crippen LogP contribution in [0.2, 0.25) is 0 Å². The molecule has 7 heteroatoms. The number of aliphatic carboxylic acids is 1. The third-order valence-electron chi connectivity index (χ3n) is 3.63. The molecule has 1 amide bonds. The van der Waals surface area contributed by atoms with Gasteiger partial charge in [0.25, 0.3) is 5.91 Å². The van der Waals surface area contributed by atoms with Gasteiger partial charge in [0.15, 0.2) is 0 Å². The molecule has 0 aromatic heterocycles. The largest absolute Gasteiger partial charge is 0.481 e. The van der Waals surface area contributed by atoms with Gasteiger partial charge in [-0.05, 0) is 23.5 Å². The van der Waals surface area contributed by atoms with Crippen molar-refractivity contribution in [1.82, 2.24) is 5.32 Å². The second kappa shape index (κ2) is 7.02. The number of hydrogen-bond donors (Lipinski definition) is 2. The van der Waals surface area contributed by atoms with Crippen LogP contribution in [0.15, 0.2) is 24.3 Å². The van der Waals surface area contributed by atoms with Crippen molar-refractivity contribution in [3.63, 3.8) is 0 Å². The number of amides is 1. The zero-order valence-electron chi connectivity index (χ0n) is 13.2. The van der Waals surface area contributed by atoms with Gasteiger partial charge in [0.05, 0.1) is 17.5 Å². The Morgan fingerprint density at radius 1 is 1.17 bits per heavy atom. The number of alkyl halides is 3. The van der Waals surface area contributed by atoms with Gasteiger partial charge in [0.1, 0.15) is 0 Å². The number of carbonyl (C=O) groups is 2. The molecule has 1 aromatic rings. The summed E-state index contributed by atoms with van der Waals surface area (Å²) in [6.45, 7) is 5.43. The normalized spacial score (nSPS) is 13.5. The van der Waals surface area contributed by atoms with E-state index in [1.807, 2.05) is 20.8 Å². The summed E-state index contributed by atoms with van der Waals surface area (Å²) in [6.07, 6.45) is -4.80. The Morgan fingerprint density at radius 2 is 1.74 bits per heavy atom. The molecule has 1 aromatic carbocycles. The first-order chi connectivity index (χ1) is 10.4. The first kappa shape index (κ1) is 19.0. The van der Waals surface area contributed by atoms with Gasteiger partial charge in [-0.2, -0.15) is 13.2 Å². The van der Waals surface area contributed by atoms with Gasteiger partial charge in [0, 0.05) is 6.54 Å². The second-order valence-corrected chi connectivity index (χ2v) is 6.41. The van der Waals surface area contributed by atoms with E-state index < -0.39 is 40.5 Å². The molecule has 0 heterocycles. The highest BCUT2D eigenvalue weighted by Gasteiger charge is 2.35. The third kappa shape index (κ3) is 5.58. The molecule has 4 nitrogen and oxygen atoms in total. The van der Waals surface area contributed by atoms with E-state index in [0.29, 0.717) is 0 Å². The van der Waals surface area contributed by atoms with Crippen LogP contribution in [0.1, 0.15) is 43.1 Å². The van der Waals surface area contributed by atoms with Gasteiger partial charge in [-0.25, -0.2) is 0 Å². The van der Waals surface area contributed by atoms with Crippen LogP contribution in [0.25, 0.3) is 0 Å². The number of rotatable bonds is 5. The van der Waals surface area contributed by atoms with Crippen molar-refractivity contribution in [2.75, 3.05) is 6.54 Å². The lowest BCUT2D eigenvalue weighted by atomic mass is 9.78. The molecule has 0 aliphatic rings. The van der Waals surface area contributed by atoms with Crippen LogP contribution in [0.5, 0.6) is 0 Å². The fraction of sp³-hybridized carbons (Fsp3) is 0.500. The molecule has 0 aliphatic heterocycles. The summed E-state index contributed by atoms with van der Waals surface area (Å²) in [6, 6.07) is 4.50. The molecular weight excluding hydrogens is 311 g/mol. The molecule has 1 atom stereocenters. The Hall–Kier alpha value is -2.05. The lowest BCUT2D eigenvalue weighted by Crippen LogP contribution is -2.37. The fourth-order valence-corrected chi connectivity index (χ4v) is 2.13. The highest BCUT2D eigenvalue weighted by atomic mass is 19.4. The monoisotopic (exact) mass is 331 g/mol. The predicted molar refractivity (Wildman–Crippen MR) is 79.0 cm³/mol. The number of halogens is 3. The van der Waals surface area contributed by atoms with E-state index in [-0.39, 0.29) is 13.0 Å². The molecule has 128 valence electrons. The van der Waals surface area contributed by atoms with Crippen LogP contribution in [-0.2, 0) is 11.0 Å². The first-order valence-corrected chi connectivity index (χ1v) is 7.09. The third-order valence-corrected chi connectivity index (χ3v) is 3.63. The van der Waals surface area contributed by atoms with Crippen molar-refractivity contribution in [2.24, 2.45) is 11.3 Å². The smallest absolute Gasteiger partial charge is 0.417 e. The minimum absolute atomic E-state index is 0.0131. The minimum atomic E-state index is -4.63. The van der Waals surface area contributed by atoms with Gasteiger partial charge in [-0.15, -0.1) is 0 Å². The molecule has 1 unspecified atom stereocenters. The van der Waals surface area contributed by atoms with Crippen molar-refractivity contribution in [1.29, 1.82) is 0 Å². The van der Waals surface area contributed by atoms with Crippen LogP contribution in [0.4, 0.5) is 13.2 Å². The van der Waals surface area contributed by atoms with Gasteiger partial charge in [0.2, 0.25) is 0 Å². The molecule has 0 fully saturated rings. The molecule has 0 aliphatic carbocycles. The van der Waals surface area contributed by atoms with Crippen LogP contribution >= 0.6 is 0 Å². The van der Waals surface area contributed by atoms with Gasteiger partial charge in [-0.3, -0.25) is 9.59 Å². The maximum Gasteiger partial charge on any atom is 0.417 e.